The van der Waals surface area contributed by atoms with Gasteiger partial charge in [0, 0.05) is 11.4 Å². The SMILES string of the molecule is Cc1cccc(C(C)C)c1NC(=S)Nc1ccc(F)c(Cl)c1. The van der Waals surface area contributed by atoms with Crippen molar-refractivity contribution in [2.45, 2.75) is 26.7 Å². The number of halogens is 2. The molecule has 0 aliphatic rings. The Morgan fingerprint density at radius 3 is 2.55 bits per heavy atom. The van der Waals surface area contributed by atoms with E-state index in [1.165, 1.54) is 17.7 Å². The first-order valence-electron chi connectivity index (χ1n) is 7.01. The standard InChI is InChI=1S/C17H18ClFN2S/c1-10(2)13-6-4-5-11(3)16(13)21-17(22)20-12-7-8-15(19)14(18)9-12/h4-10H,1-3H3,(H2,20,21,22). The van der Waals surface area contributed by atoms with Gasteiger partial charge in [-0.15, -0.1) is 0 Å². The quantitative estimate of drug-likeness (QED) is 0.701. The fourth-order valence-corrected chi connectivity index (χ4v) is 2.59. The van der Waals surface area contributed by atoms with Crippen LogP contribution in [0.15, 0.2) is 36.4 Å². The molecule has 0 fully saturated rings. The van der Waals surface area contributed by atoms with Crippen molar-refractivity contribution in [3.63, 3.8) is 0 Å². The van der Waals surface area contributed by atoms with E-state index in [1.54, 1.807) is 6.07 Å². The van der Waals surface area contributed by atoms with Crippen molar-refractivity contribution in [3.05, 3.63) is 58.4 Å². The monoisotopic (exact) mass is 336 g/mol. The molecule has 0 radical (unpaired) electrons. The summed E-state index contributed by atoms with van der Waals surface area (Å²) >= 11 is 11.1. The lowest BCUT2D eigenvalue weighted by Crippen LogP contribution is -2.20. The van der Waals surface area contributed by atoms with Gasteiger partial charge in [0.05, 0.1) is 5.02 Å². The number of hydrogen-bond acceptors (Lipinski definition) is 1. The van der Waals surface area contributed by atoms with E-state index in [-0.39, 0.29) is 5.02 Å². The maximum atomic E-state index is 13.2. The lowest BCUT2D eigenvalue weighted by Gasteiger charge is -2.18. The normalized spacial score (nSPS) is 10.6. The van der Waals surface area contributed by atoms with Crippen LogP contribution in [0, 0.1) is 12.7 Å². The van der Waals surface area contributed by atoms with E-state index >= 15 is 0 Å². The predicted molar refractivity (Wildman–Crippen MR) is 96.5 cm³/mol. The molecular formula is C17H18ClFN2S. The molecule has 0 aliphatic heterocycles. The summed E-state index contributed by atoms with van der Waals surface area (Å²) in [6, 6.07) is 10.6. The van der Waals surface area contributed by atoms with Gasteiger partial charge in [-0.3, -0.25) is 0 Å². The van der Waals surface area contributed by atoms with Crippen LogP contribution in [0.1, 0.15) is 30.9 Å². The highest BCUT2D eigenvalue weighted by molar-refractivity contribution is 7.80. The van der Waals surface area contributed by atoms with Crippen molar-refractivity contribution in [2.24, 2.45) is 0 Å². The largest absolute Gasteiger partial charge is 0.332 e. The number of para-hydroxylation sites is 1. The Kier molecular flexibility index (Phi) is 5.37. The third-order valence-corrected chi connectivity index (χ3v) is 3.84. The van der Waals surface area contributed by atoms with Gasteiger partial charge >= 0.3 is 0 Å². The Morgan fingerprint density at radius 1 is 1.18 bits per heavy atom. The third-order valence-electron chi connectivity index (χ3n) is 3.34. The van der Waals surface area contributed by atoms with Gasteiger partial charge in [-0.25, -0.2) is 4.39 Å². The number of anilines is 2. The van der Waals surface area contributed by atoms with E-state index in [9.17, 15) is 4.39 Å². The van der Waals surface area contributed by atoms with Gasteiger partial charge in [-0.2, -0.15) is 0 Å². The molecule has 0 heterocycles. The molecular weight excluding hydrogens is 319 g/mol. The van der Waals surface area contributed by atoms with Crippen molar-refractivity contribution in [2.75, 3.05) is 10.6 Å². The number of benzene rings is 2. The molecule has 2 aromatic carbocycles. The maximum absolute atomic E-state index is 13.2. The highest BCUT2D eigenvalue weighted by Gasteiger charge is 2.10. The number of aryl methyl sites for hydroxylation is 1. The molecule has 0 bridgehead atoms. The minimum atomic E-state index is -0.452. The van der Waals surface area contributed by atoms with E-state index in [0.29, 0.717) is 16.7 Å². The Balaban J connectivity index is 2.17. The van der Waals surface area contributed by atoms with Crippen molar-refractivity contribution < 1.29 is 4.39 Å². The van der Waals surface area contributed by atoms with Crippen LogP contribution in [0.3, 0.4) is 0 Å². The molecule has 2 nitrogen and oxygen atoms in total. The number of rotatable bonds is 3. The smallest absolute Gasteiger partial charge is 0.175 e. The first-order chi connectivity index (χ1) is 10.4. The second-order valence-corrected chi connectivity index (χ2v) is 6.22. The maximum Gasteiger partial charge on any atom is 0.175 e. The molecule has 0 amide bonds. The zero-order chi connectivity index (χ0) is 16.3. The molecule has 22 heavy (non-hydrogen) atoms. The Labute approximate surface area is 140 Å². The van der Waals surface area contributed by atoms with Crippen molar-refractivity contribution in [3.8, 4) is 0 Å². The molecule has 0 unspecified atom stereocenters. The Hall–Kier alpha value is -1.65. The van der Waals surface area contributed by atoms with Crippen LogP contribution in [0.25, 0.3) is 0 Å². The third kappa shape index (κ3) is 3.96. The van der Waals surface area contributed by atoms with Gasteiger partial charge in [-0.1, -0.05) is 43.6 Å². The second-order valence-electron chi connectivity index (χ2n) is 5.40. The van der Waals surface area contributed by atoms with E-state index < -0.39 is 5.82 Å². The summed E-state index contributed by atoms with van der Waals surface area (Å²) in [5, 5.41) is 6.75. The summed E-state index contributed by atoms with van der Waals surface area (Å²) in [6.07, 6.45) is 0. The Bertz CT molecular complexity index is 701. The molecule has 0 saturated carbocycles. The molecule has 0 spiro atoms. The molecule has 0 aromatic heterocycles. The van der Waals surface area contributed by atoms with Crippen molar-refractivity contribution in [1.82, 2.24) is 0 Å². The molecule has 0 aliphatic carbocycles. The summed E-state index contributed by atoms with van der Waals surface area (Å²) in [7, 11) is 0. The first kappa shape index (κ1) is 16.7. The van der Waals surface area contributed by atoms with Crippen molar-refractivity contribution in [1.29, 1.82) is 0 Å². The lowest BCUT2D eigenvalue weighted by atomic mass is 9.98. The average Bonchev–Trinajstić information content (AvgIpc) is 2.45. The number of thiocarbonyl (C=S) groups is 1. The minimum Gasteiger partial charge on any atom is -0.332 e. The molecule has 5 heteroatoms. The summed E-state index contributed by atoms with van der Waals surface area (Å²) in [5.74, 6) is -0.0717. The van der Waals surface area contributed by atoms with Crippen molar-refractivity contribution >= 4 is 40.3 Å². The van der Waals surface area contributed by atoms with Gasteiger partial charge < -0.3 is 10.6 Å². The highest BCUT2D eigenvalue weighted by Crippen LogP contribution is 2.27. The molecule has 2 rings (SSSR count). The van der Waals surface area contributed by atoms with Gasteiger partial charge in [0.15, 0.2) is 5.11 Å². The van der Waals surface area contributed by atoms with Gasteiger partial charge in [-0.05, 0) is 54.4 Å². The zero-order valence-corrected chi connectivity index (χ0v) is 14.3. The number of hydrogen-bond donors (Lipinski definition) is 2. The van der Waals surface area contributed by atoms with Gasteiger partial charge in [0.1, 0.15) is 5.82 Å². The first-order valence-corrected chi connectivity index (χ1v) is 7.79. The predicted octanol–water partition coefficient (Wildman–Crippen LogP) is 5.72. The van der Waals surface area contributed by atoms with Crippen LogP contribution in [0.5, 0.6) is 0 Å². The number of nitrogens with one attached hydrogen (secondary N) is 2. The van der Waals surface area contributed by atoms with Gasteiger partial charge in [0.25, 0.3) is 0 Å². The zero-order valence-electron chi connectivity index (χ0n) is 12.7. The molecule has 0 saturated heterocycles. The minimum absolute atomic E-state index is 0.0616. The highest BCUT2D eigenvalue weighted by atomic mass is 35.5. The topological polar surface area (TPSA) is 24.1 Å². The summed E-state index contributed by atoms with van der Waals surface area (Å²) in [5.41, 5.74) is 3.96. The van der Waals surface area contributed by atoms with Crippen LogP contribution in [0.2, 0.25) is 5.02 Å². The fourth-order valence-electron chi connectivity index (χ4n) is 2.19. The fraction of sp³-hybridized carbons (Fsp3) is 0.235. The molecule has 2 aromatic rings. The average molecular weight is 337 g/mol. The molecule has 2 N–H and O–H groups in total. The van der Waals surface area contributed by atoms with Crippen LogP contribution >= 0.6 is 23.8 Å². The van der Waals surface area contributed by atoms with Gasteiger partial charge in [0.2, 0.25) is 0 Å². The lowest BCUT2D eigenvalue weighted by molar-refractivity contribution is 0.628. The second kappa shape index (κ2) is 7.07. The van der Waals surface area contributed by atoms with E-state index in [4.69, 9.17) is 23.8 Å². The summed E-state index contributed by atoms with van der Waals surface area (Å²) < 4.78 is 13.2. The van der Waals surface area contributed by atoms with Crippen LogP contribution in [0.4, 0.5) is 15.8 Å². The van der Waals surface area contributed by atoms with E-state index in [1.807, 2.05) is 19.1 Å². The van der Waals surface area contributed by atoms with Crippen LogP contribution in [-0.2, 0) is 0 Å². The van der Waals surface area contributed by atoms with E-state index in [2.05, 4.69) is 30.5 Å². The summed E-state index contributed by atoms with van der Waals surface area (Å²) in [6.45, 7) is 6.30. The molecule has 0 atom stereocenters. The van der Waals surface area contributed by atoms with E-state index in [0.717, 1.165) is 11.3 Å². The Morgan fingerprint density at radius 2 is 1.91 bits per heavy atom. The molecule has 116 valence electrons. The summed E-state index contributed by atoms with van der Waals surface area (Å²) in [4.78, 5) is 0. The van der Waals surface area contributed by atoms with Crippen LogP contribution < -0.4 is 10.6 Å². The van der Waals surface area contributed by atoms with Crippen LogP contribution in [-0.4, -0.2) is 5.11 Å².